The van der Waals surface area contributed by atoms with Crippen LogP contribution < -0.4 is 0 Å². The largest absolute Gasteiger partial charge is 0.298 e. The molecular weight excluding hydrogens is 320 g/mol. The number of rotatable bonds is 3. The lowest BCUT2D eigenvalue weighted by Crippen LogP contribution is -1.93. The van der Waals surface area contributed by atoms with E-state index in [1.165, 1.54) is 26.9 Å². The van der Waals surface area contributed by atoms with Crippen molar-refractivity contribution in [1.29, 1.82) is 0 Å². The maximum absolute atomic E-state index is 11.6. The average molecular weight is 334 g/mol. The SMILES string of the molecule is O=Cc1ccc(C=O)c(-c2ccc3ccc4cccc5ccc2c3c45)c1. The summed E-state index contributed by atoms with van der Waals surface area (Å²) in [7, 11) is 0. The monoisotopic (exact) mass is 334 g/mol. The standard InChI is InChI=1S/C24H14O2/c25-13-15-4-5-19(14-26)22(12-15)20-10-8-18-7-6-16-2-1-3-17-9-11-21(20)24(18)23(16)17/h1-14H. The quantitative estimate of drug-likeness (QED) is 0.305. The molecule has 0 fully saturated rings. The lowest BCUT2D eigenvalue weighted by atomic mass is 9.88. The van der Waals surface area contributed by atoms with E-state index in [-0.39, 0.29) is 0 Å². The molecule has 0 bridgehead atoms. The van der Waals surface area contributed by atoms with Gasteiger partial charge in [0.2, 0.25) is 0 Å². The third-order valence-electron chi connectivity index (χ3n) is 5.16. The maximum Gasteiger partial charge on any atom is 0.150 e. The van der Waals surface area contributed by atoms with E-state index in [4.69, 9.17) is 0 Å². The van der Waals surface area contributed by atoms with E-state index < -0.39 is 0 Å². The van der Waals surface area contributed by atoms with E-state index in [0.717, 1.165) is 29.1 Å². The highest BCUT2D eigenvalue weighted by Gasteiger charge is 2.14. The fraction of sp³-hybridized carbons (Fsp3) is 0. The molecule has 0 spiro atoms. The molecule has 0 aliphatic rings. The molecule has 5 aromatic rings. The van der Waals surface area contributed by atoms with Crippen LogP contribution in [0.2, 0.25) is 0 Å². The van der Waals surface area contributed by atoms with Crippen molar-refractivity contribution in [3.63, 3.8) is 0 Å². The lowest BCUT2D eigenvalue weighted by Gasteiger charge is -2.15. The Balaban J connectivity index is 1.96. The maximum atomic E-state index is 11.6. The number of hydrogen-bond acceptors (Lipinski definition) is 2. The van der Waals surface area contributed by atoms with Crippen molar-refractivity contribution in [3.05, 3.63) is 83.9 Å². The molecule has 0 saturated carbocycles. The molecule has 0 radical (unpaired) electrons. The summed E-state index contributed by atoms with van der Waals surface area (Å²) in [5.74, 6) is 0. The highest BCUT2D eigenvalue weighted by Crippen LogP contribution is 2.39. The Morgan fingerprint density at radius 1 is 0.577 bits per heavy atom. The Kier molecular flexibility index (Phi) is 3.13. The van der Waals surface area contributed by atoms with Gasteiger partial charge >= 0.3 is 0 Å². The Morgan fingerprint density at radius 2 is 1.27 bits per heavy atom. The summed E-state index contributed by atoms with van der Waals surface area (Å²) >= 11 is 0. The van der Waals surface area contributed by atoms with E-state index in [1.807, 2.05) is 6.07 Å². The molecule has 0 N–H and O–H groups in total. The first-order valence-corrected chi connectivity index (χ1v) is 8.51. The van der Waals surface area contributed by atoms with Crippen LogP contribution in [-0.2, 0) is 0 Å². The minimum Gasteiger partial charge on any atom is -0.298 e. The summed E-state index contributed by atoms with van der Waals surface area (Å²) in [5, 5.41) is 7.12. The summed E-state index contributed by atoms with van der Waals surface area (Å²) in [6.45, 7) is 0. The predicted molar refractivity (Wildman–Crippen MR) is 106 cm³/mol. The molecule has 0 saturated heterocycles. The van der Waals surface area contributed by atoms with Gasteiger partial charge in [-0.25, -0.2) is 0 Å². The smallest absolute Gasteiger partial charge is 0.150 e. The Morgan fingerprint density at radius 3 is 2.00 bits per heavy atom. The molecule has 0 aliphatic carbocycles. The predicted octanol–water partition coefficient (Wildman–Crippen LogP) is 5.88. The molecule has 0 aromatic heterocycles. The van der Waals surface area contributed by atoms with Crippen molar-refractivity contribution in [2.75, 3.05) is 0 Å². The Bertz CT molecular complexity index is 1300. The molecular formula is C24H14O2. The molecule has 122 valence electrons. The second kappa shape index (κ2) is 5.50. The summed E-state index contributed by atoms with van der Waals surface area (Å²) in [6.07, 6.45) is 1.66. The fourth-order valence-electron chi connectivity index (χ4n) is 3.95. The van der Waals surface area contributed by atoms with Crippen LogP contribution in [0, 0.1) is 0 Å². The zero-order chi connectivity index (χ0) is 17.7. The van der Waals surface area contributed by atoms with E-state index >= 15 is 0 Å². The zero-order valence-electron chi connectivity index (χ0n) is 13.9. The summed E-state index contributed by atoms with van der Waals surface area (Å²) in [4.78, 5) is 22.8. The van der Waals surface area contributed by atoms with Gasteiger partial charge in [-0.3, -0.25) is 9.59 Å². The number of carbonyl (C=O) groups is 2. The van der Waals surface area contributed by atoms with Gasteiger partial charge in [0, 0.05) is 11.1 Å². The van der Waals surface area contributed by atoms with Crippen LogP contribution in [0.4, 0.5) is 0 Å². The van der Waals surface area contributed by atoms with Crippen LogP contribution in [0.25, 0.3) is 43.4 Å². The molecule has 0 amide bonds. The first kappa shape index (κ1) is 14.8. The van der Waals surface area contributed by atoms with Crippen molar-refractivity contribution >= 4 is 44.9 Å². The summed E-state index contributed by atoms with van der Waals surface area (Å²) < 4.78 is 0. The van der Waals surface area contributed by atoms with Gasteiger partial charge in [0.25, 0.3) is 0 Å². The topological polar surface area (TPSA) is 34.1 Å². The number of benzene rings is 5. The van der Waals surface area contributed by atoms with E-state index in [9.17, 15) is 9.59 Å². The van der Waals surface area contributed by atoms with Crippen LogP contribution in [-0.4, -0.2) is 12.6 Å². The van der Waals surface area contributed by atoms with Gasteiger partial charge in [0.05, 0.1) is 0 Å². The van der Waals surface area contributed by atoms with Crippen molar-refractivity contribution in [1.82, 2.24) is 0 Å². The minimum atomic E-state index is 0.566. The summed E-state index contributed by atoms with van der Waals surface area (Å²) in [6, 6.07) is 24.1. The number of aldehydes is 2. The van der Waals surface area contributed by atoms with Crippen LogP contribution >= 0.6 is 0 Å². The molecule has 0 unspecified atom stereocenters. The molecule has 0 atom stereocenters. The van der Waals surface area contributed by atoms with Gasteiger partial charge < -0.3 is 0 Å². The van der Waals surface area contributed by atoms with E-state index in [1.54, 1.807) is 18.2 Å². The second-order valence-corrected chi connectivity index (χ2v) is 6.55. The van der Waals surface area contributed by atoms with Crippen molar-refractivity contribution in [2.24, 2.45) is 0 Å². The highest BCUT2D eigenvalue weighted by atomic mass is 16.1. The Hall–Kier alpha value is -3.52. The molecule has 0 heterocycles. The van der Waals surface area contributed by atoms with Gasteiger partial charge in [-0.15, -0.1) is 0 Å². The molecule has 2 nitrogen and oxygen atoms in total. The van der Waals surface area contributed by atoms with Crippen molar-refractivity contribution < 1.29 is 9.59 Å². The third kappa shape index (κ3) is 1.99. The first-order chi connectivity index (χ1) is 12.8. The average Bonchev–Trinajstić information content (AvgIpc) is 2.71. The van der Waals surface area contributed by atoms with Gasteiger partial charge in [0.1, 0.15) is 6.29 Å². The van der Waals surface area contributed by atoms with Crippen LogP contribution in [0.5, 0.6) is 0 Å². The number of hydrogen-bond donors (Lipinski definition) is 0. The third-order valence-corrected chi connectivity index (χ3v) is 5.16. The van der Waals surface area contributed by atoms with Crippen molar-refractivity contribution in [3.8, 4) is 11.1 Å². The van der Waals surface area contributed by atoms with Crippen molar-refractivity contribution in [2.45, 2.75) is 0 Å². The van der Waals surface area contributed by atoms with Crippen LogP contribution in [0.1, 0.15) is 20.7 Å². The molecule has 0 aliphatic heterocycles. The van der Waals surface area contributed by atoms with Crippen LogP contribution in [0.15, 0.2) is 72.8 Å². The Labute approximate surface area is 150 Å². The highest BCUT2D eigenvalue weighted by molar-refractivity contribution is 6.25. The van der Waals surface area contributed by atoms with Gasteiger partial charge in [-0.05, 0) is 49.5 Å². The summed E-state index contributed by atoms with van der Waals surface area (Å²) in [5.41, 5.74) is 2.92. The first-order valence-electron chi connectivity index (χ1n) is 8.51. The second-order valence-electron chi connectivity index (χ2n) is 6.55. The van der Waals surface area contributed by atoms with Gasteiger partial charge in [-0.2, -0.15) is 0 Å². The zero-order valence-corrected chi connectivity index (χ0v) is 13.9. The fourth-order valence-corrected chi connectivity index (χ4v) is 3.95. The van der Waals surface area contributed by atoms with Gasteiger partial charge in [0.15, 0.2) is 6.29 Å². The minimum absolute atomic E-state index is 0.566. The van der Waals surface area contributed by atoms with Gasteiger partial charge in [-0.1, -0.05) is 66.7 Å². The lowest BCUT2D eigenvalue weighted by molar-refractivity contribution is 0.111. The molecule has 5 aromatic carbocycles. The van der Waals surface area contributed by atoms with E-state index in [2.05, 4.69) is 48.5 Å². The molecule has 5 rings (SSSR count). The molecule has 2 heteroatoms. The normalized spacial score (nSPS) is 11.4. The molecule has 26 heavy (non-hydrogen) atoms. The van der Waals surface area contributed by atoms with E-state index in [0.29, 0.717) is 11.1 Å². The number of carbonyl (C=O) groups excluding carboxylic acids is 2. The van der Waals surface area contributed by atoms with Crippen LogP contribution in [0.3, 0.4) is 0 Å².